The molecule has 0 aliphatic heterocycles. The third-order valence-corrected chi connectivity index (χ3v) is 2.55. The van der Waals surface area contributed by atoms with Crippen LogP contribution in [0.1, 0.15) is 17.2 Å². The lowest BCUT2D eigenvalue weighted by atomic mass is 9.95. The highest BCUT2D eigenvalue weighted by atomic mass is 19.2. The molecule has 0 amide bonds. The highest BCUT2D eigenvalue weighted by molar-refractivity contribution is 5.37. The number of pyridine rings is 1. The van der Waals surface area contributed by atoms with Crippen LogP contribution in [0.4, 0.5) is 17.6 Å². The van der Waals surface area contributed by atoms with Gasteiger partial charge in [-0.3, -0.25) is 4.98 Å². The van der Waals surface area contributed by atoms with Crippen molar-refractivity contribution < 1.29 is 17.6 Å². The van der Waals surface area contributed by atoms with Crippen molar-refractivity contribution in [1.29, 1.82) is 5.26 Å². The molecule has 1 aromatic carbocycles. The fourth-order valence-electron chi connectivity index (χ4n) is 1.67. The standard InChI is InChI=1S/C13H6F4N2/c14-8-5-9(15)13(17)11(12(8)16)7(6-18)10-3-1-2-4-19-10/h1-5,7H. The maximum absolute atomic E-state index is 13.6. The Morgan fingerprint density at radius 3 is 2.16 bits per heavy atom. The number of hydrogen-bond acceptors (Lipinski definition) is 2. The lowest BCUT2D eigenvalue weighted by Gasteiger charge is -2.12. The number of benzene rings is 1. The van der Waals surface area contributed by atoms with Crippen molar-refractivity contribution in [2.75, 3.05) is 0 Å². The number of nitriles is 1. The maximum atomic E-state index is 13.6. The molecule has 2 rings (SSSR count). The summed E-state index contributed by atoms with van der Waals surface area (Å²) in [4.78, 5) is 3.77. The van der Waals surface area contributed by atoms with Gasteiger partial charge in [0.1, 0.15) is 5.92 Å². The van der Waals surface area contributed by atoms with Gasteiger partial charge in [0, 0.05) is 12.3 Å². The van der Waals surface area contributed by atoms with Crippen molar-refractivity contribution in [3.05, 3.63) is 65.0 Å². The second-order valence-electron chi connectivity index (χ2n) is 3.70. The molecule has 1 heterocycles. The summed E-state index contributed by atoms with van der Waals surface area (Å²) in [5.74, 6) is -7.80. The molecule has 0 fully saturated rings. The van der Waals surface area contributed by atoms with Gasteiger partial charge in [-0.1, -0.05) is 6.07 Å². The van der Waals surface area contributed by atoms with E-state index in [1.807, 2.05) is 0 Å². The van der Waals surface area contributed by atoms with Crippen molar-refractivity contribution in [2.45, 2.75) is 5.92 Å². The summed E-state index contributed by atoms with van der Waals surface area (Å²) in [6.45, 7) is 0. The van der Waals surface area contributed by atoms with Gasteiger partial charge in [0.05, 0.1) is 17.3 Å². The first-order valence-electron chi connectivity index (χ1n) is 5.19. The molecule has 2 nitrogen and oxygen atoms in total. The highest BCUT2D eigenvalue weighted by Crippen LogP contribution is 2.30. The molecule has 1 aromatic heterocycles. The molecule has 96 valence electrons. The van der Waals surface area contributed by atoms with Crippen molar-refractivity contribution >= 4 is 0 Å². The van der Waals surface area contributed by atoms with Crippen LogP contribution in [0, 0.1) is 34.6 Å². The van der Waals surface area contributed by atoms with E-state index in [1.165, 1.54) is 24.4 Å². The van der Waals surface area contributed by atoms with E-state index >= 15 is 0 Å². The molecule has 1 unspecified atom stereocenters. The van der Waals surface area contributed by atoms with Gasteiger partial charge in [0.2, 0.25) is 0 Å². The normalized spacial score (nSPS) is 11.9. The van der Waals surface area contributed by atoms with Crippen LogP contribution in [-0.4, -0.2) is 4.98 Å². The van der Waals surface area contributed by atoms with E-state index in [2.05, 4.69) is 4.98 Å². The average molecular weight is 266 g/mol. The molecule has 0 N–H and O–H groups in total. The fraction of sp³-hybridized carbons (Fsp3) is 0.0769. The smallest absolute Gasteiger partial charge is 0.166 e. The molecule has 0 aliphatic carbocycles. The maximum Gasteiger partial charge on any atom is 0.166 e. The summed E-state index contributed by atoms with van der Waals surface area (Å²) >= 11 is 0. The number of aromatic nitrogens is 1. The number of halogens is 4. The van der Waals surface area contributed by atoms with E-state index in [9.17, 15) is 17.6 Å². The molecule has 0 spiro atoms. The molecular weight excluding hydrogens is 260 g/mol. The summed E-state index contributed by atoms with van der Waals surface area (Å²) in [7, 11) is 0. The number of nitrogens with zero attached hydrogens (tertiary/aromatic N) is 2. The van der Waals surface area contributed by atoms with Crippen molar-refractivity contribution in [2.24, 2.45) is 0 Å². The molecule has 1 atom stereocenters. The van der Waals surface area contributed by atoms with Gasteiger partial charge in [0.15, 0.2) is 23.3 Å². The van der Waals surface area contributed by atoms with Crippen molar-refractivity contribution in [1.82, 2.24) is 4.98 Å². The third kappa shape index (κ3) is 2.27. The van der Waals surface area contributed by atoms with E-state index in [-0.39, 0.29) is 11.8 Å². The van der Waals surface area contributed by atoms with Crippen LogP contribution in [0.5, 0.6) is 0 Å². The largest absolute Gasteiger partial charge is 0.260 e. The van der Waals surface area contributed by atoms with Gasteiger partial charge < -0.3 is 0 Å². The Hall–Kier alpha value is -2.42. The van der Waals surface area contributed by atoms with Crippen LogP contribution in [0.25, 0.3) is 0 Å². The molecule has 0 radical (unpaired) electrons. The predicted molar refractivity (Wildman–Crippen MR) is 58.0 cm³/mol. The van der Waals surface area contributed by atoms with Crippen molar-refractivity contribution in [3.63, 3.8) is 0 Å². The first-order valence-corrected chi connectivity index (χ1v) is 5.19. The quantitative estimate of drug-likeness (QED) is 0.617. The Morgan fingerprint density at radius 2 is 1.68 bits per heavy atom. The van der Waals surface area contributed by atoms with E-state index in [0.717, 1.165) is 0 Å². The molecule has 6 heteroatoms. The van der Waals surface area contributed by atoms with Crippen molar-refractivity contribution in [3.8, 4) is 6.07 Å². The van der Waals surface area contributed by atoms with Gasteiger partial charge in [-0.2, -0.15) is 5.26 Å². The molecule has 0 aliphatic rings. The molecule has 2 aromatic rings. The summed E-state index contributed by atoms with van der Waals surface area (Å²) in [5.41, 5.74) is -0.966. The summed E-state index contributed by atoms with van der Waals surface area (Å²) < 4.78 is 53.5. The minimum absolute atomic E-state index is 0.00722. The third-order valence-electron chi connectivity index (χ3n) is 2.55. The van der Waals surface area contributed by atoms with Gasteiger partial charge >= 0.3 is 0 Å². The van der Waals surface area contributed by atoms with Crippen LogP contribution in [0.15, 0.2) is 30.5 Å². The van der Waals surface area contributed by atoms with Crippen LogP contribution in [0.2, 0.25) is 0 Å². The van der Waals surface area contributed by atoms with E-state index in [1.54, 1.807) is 6.07 Å². The molecule has 0 bridgehead atoms. The zero-order valence-corrected chi connectivity index (χ0v) is 9.37. The second kappa shape index (κ2) is 5.06. The lowest BCUT2D eigenvalue weighted by Crippen LogP contribution is -2.10. The number of hydrogen-bond donors (Lipinski definition) is 0. The lowest BCUT2D eigenvalue weighted by molar-refractivity contribution is 0.438. The van der Waals surface area contributed by atoms with Gasteiger partial charge in [-0.25, -0.2) is 17.6 Å². The Bertz CT molecular complexity index is 624. The first kappa shape index (κ1) is 13.0. The van der Waals surface area contributed by atoms with Crippen LogP contribution < -0.4 is 0 Å². The van der Waals surface area contributed by atoms with Crippen LogP contribution in [0.3, 0.4) is 0 Å². The Labute approximate surface area is 105 Å². The predicted octanol–water partition coefficient (Wildman–Crippen LogP) is 3.29. The summed E-state index contributed by atoms with van der Waals surface area (Å²) in [6, 6.07) is 6.07. The van der Waals surface area contributed by atoms with Crippen LogP contribution >= 0.6 is 0 Å². The number of rotatable bonds is 2. The summed E-state index contributed by atoms with van der Waals surface area (Å²) in [6.07, 6.45) is 1.31. The molecule has 0 saturated carbocycles. The topological polar surface area (TPSA) is 36.7 Å². The second-order valence-corrected chi connectivity index (χ2v) is 3.70. The minimum Gasteiger partial charge on any atom is -0.260 e. The van der Waals surface area contributed by atoms with Crippen LogP contribution in [-0.2, 0) is 0 Å². The molecule has 0 saturated heterocycles. The fourth-order valence-corrected chi connectivity index (χ4v) is 1.67. The van der Waals surface area contributed by atoms with Gasteiger partial charge in [-0.15, -0.1) is 0 Å². The monoisotopic (exact) mass is 266 g/mol. The van der Waals surface area contributed by atoms with Gasteiger partial charge in [-0.05, 0) is 12.1 Å². The van der Waals surface area contributed by atoms with E-state index in [0.29, 0.717) is 0 Å². The van der Waals surface area contributed by atoms with Gasteiger partial charge in [0.25, 0.3) is 0 Å². The summed E-state index contributed by atoms with van der Waals surface area (Å²) in [5, 5.41) is 9.00. The Morgan fingerprint density at radius 1 is 1.05 bits per heavy atom. The Kier molecular flexibility index (Phi) is 3.47. The minimum atomic E-state index is -1.59. The molecular formula is C13H6F4N2. The van der Waals surface area contributed by atoms with E-state index < -0.39 is 34.8 Å². The highest BCUT2D eigenvalue weighted by Gasteiger charge is 2.28. The zero-order valence-electron chi connectivity index (χ0n) is 9.37. The Balaban J connectivity index is 2.67. The first-order chi connectivity index (χ1) is 9.06. The average Bonchev–Trinajstić information content (AvgIpc) is 2.42. The molecule has 19 heavy (non-hydrogen) atoms. The SMILES string of the molecule is N#CC(c1ccccn1)c1c(F)c(F)cc(F)c1F. The zero-order chi connectivity index (χ0) is 14.0. The van der Waals surface area contributed by atoms with E-state index in [4.69, 9.17) is 5.26 Å².